The van der Waals surface area contributed by atoms with Crippen LogP contribution in [-0.4, -0.2) is 65.4 Å². The van der Waals surface area contributed by atoms with E-state index in [-0.39, 0.29) is 36.8 Å². The van der Waals surface area contributed by atoms with E-state index in [2.05, 4.69) is 10.6 Å². The van der Waals surface area contributed by atoms with Gasteiger partial charge in [0.05, 0.1) is 0 Å². The standard InChI is InChI=1S/C15H24N4O3.ClH/c1-11-9-16-7-8-18(11)12(20)10-19-13(21)15(17-14(19)22)5-3-2-4-6-15;/h11,16H,2-10H2,1H3,(H,17,22);1H/t11-;/m0./s1. The molecule has 0 bridgehead atoms. The summed E-state index contributed by atoms with van der Waals surface area (Å²) in [5.74, 6) is -0.362. The predicted molar refractivity (Wildman–Crippen MR) is 87.4 cm³/mol. The maximum absolute atomic E-state index is 12.7. The molecule has 3 fully saturated rings. The van der Waals surface area contributed by atoms with Crippen LogP contribution in [0.15, 0.2) is 0 Å². The van der Waals surface area contributed by atoms with E-state index in [4.69, 9.17) is 0 Å². The Kier molecular flexibility index (Phi) is 5.52. The number of carbonyl (C=O) groups is 3. The number of nitrogens with zero attached hydrogens (tertiary/aromatic N) is 2. The second-order valence-electron chi connectivity index (χ2n) is 6.60. The van der Waals surface area contributed by atoms with Crippen LogP contribution in [-0.2, 0) is 9.59 Å². The van der Waals surface area contributed by atoms with Crippen molar-refractivity contribution in [2.45, 2.75) is 50.6 Å². The molecule has 3 rings (SSSR count). The van der Waals surface area contributed by atoms with Crippen molar-refractivity contribution in [3.8, 4) is 0 Å². The topological polar surface area (TPSA) is 81.8 Å². The maximum Gasteiger partial charge on any atom is 0.325 e. The first-order chi connectivity index (χ1) is 10.5. The molecule has 4 amide bonds. The highest BCUT2D eigenvalue weighted by Crippen LogP contribution is 2.33. The molecule has 1 saturated carbocycles. The number of halogens is 1. The molecule has 130 valence electrons. The quantitative estimate of drug-likeness (QED) is 0.714. The molecule has 1 aliphatic carbocycles. The predicted octanol–water partition coefficient (Wildman–Crippen LogP) is 0.483. The van der Waals surface area contributed by atoms with Gasteiger partial charge in [0, 0.05) is 25.7 Å². The van der Waals surface area contributed by atoms with Crippen LogP contribution >= 0.6 is 12.4 Å². The van der Waals surface area contributed by atoms with Crippen LogP contribution in [0.25, 0.3) is 0 Å². The number of imide groups is 1. The van der Waals surface area contributed by atoms with Crippen molar-refractivity contribution < 1.29 is 14.4 Å². The lowest BCUT2D eigenvalue weighted by Crippen LogP contribution is -2.55. The highest BCUT2D eigenvalue weighted by atomic mass is 35.5. The van der Waals surface area contributed by atoms with Crippen molar-refractivity contribution in [1.82, 2.24) is 20.4 Å². The van der Waals surface area contributed by atoms with Gasteiger partial charge < -0.3 is 15.5 Å². The van der Waals surface area contributed by atoms with E-state index in [9.17, 15) is 14.4 Å². The number of carbonyl (C=O) groups excluding carboxylic acids is 3. The van der Waals surface area contributed by atoms with E-state index in [0.29, 0.717) is 19.4 Å². The van der Waals surface area contributed by atoms with Gasteiger partial charge in [-0.2, -0.15) is 0 Å². The van der Waals surface area contributed by atoms with Crippen molar-refractivity contribution >= 4 is 30.3 Å². The minimum atomic E-state index is -0.745. The Balaban J connectivity index is 0.00000192. The van der Waals surface area contributed by atoms with Gasteiger partial charge in [-0.15, -0.1) is 12.4 Å². The fraction of sp³-hybridized carbons (Fsp3) is 0.800. The maximum atomic E-state index is 12.7. The molecule has 0 aromatic heterocycles. The molecule has 0 aromatic carbocycles. The number of rotatable bonds is 2. The van der Waals surface area contributed by atoms with Gasteiger partial charge in [-0.1, -0.05) is 19.3 Å². The second kappa shape index (κ2) is 7.05. The molecular weight excluding hydrogens is 320 g/mol. The second-order valence-corrected chi connectivity index (χ2v) is 6.60. The molecule has 23 heavy (non-hydrogen) atoms. The van der Waals surface area contributed by atoms with E-state index < -0.39 is 11.6 Å². The summed E-state index contributed by atoms with van der Waals surface area (Å²) < 4.78 is 0. The van der Waals surface area contributed by atoms with Gasteiger partial charge >= 0.3 is 6.03 Å². The lowest BCUT2D eigenvalue weighted by Gasteiger charge is -2.35. The van der Waals surface area contributed by atoms with Crippen LogP contribution in [0.4, 0.5) is 4.79 Å². The minimum Gasteiger partial charge on any atom is -0.336 e. The smallest absolute Gasteiger partial charge is 0.325 e. The number of hydrogen-bond acceptors (Lipinski definition) is 4. The summed E-state index contributed by atoms with van der Waals surface area (Å²) in [5.41, 5.74) is -0.745. The van der Waals surface area contributed by atoms with E-state index in [1.165, 1.54) is 0 Å². The van der Waals surface area contributed by atoms with Crippen LogP contribution < -0.4 is 10.6 Å². The number of hydrogen-bond donors (Lipinski definition) is 2. The van der Waals surface area contributed by atoms with E-state index >= 15 is 0 Å². The fourth-order valence-electron chi connectivity index (χ4n) is 3.75. The van der Waals surface area contributed by atoms with Crippen LogP contribution in [0.3, 0.4) is 0 Å². The normalized spacial score (nSPS) is 26.9. The minimum absolute atomic E-state index is 0. The summed E-state index contributed by atoms with van der Waals surface area (Å²) in [7, 11) is 0. The molecule has 1 atom stereocenters. The van der Waals surface area contributed by atoms with Gasteiger partial charge in [-0.25, -0.2) is 4.79 Å². The SMILES string of the molecule is C[C@H]1CNCCN1C(=O)CN1C(=O)NC2(CCCCC2)C1=O.Cl. The zero-order valence-electron chi connectivity index (χ0n) is 13.5. The zero-order valence-corrected chi connectivity index (χ0v) is 14.3. The Morgan fingerprint density at radius 1 is 1.26 bits per heavy atom. The van der Waals surface area contributed by atoms with Crippen molar-refractivity contribution in [2.24, 2.45) is 0 Å². The fourth-order valence-corrected chi connectivity index (χ4v) is 3.75. The summed E-state index contributed by atoms with van der Waals surface area (Å²) in [6.45, 7) is 3.94. The summed E-state index contributed by atoms with van der Waals surface area (Å²) in [6, 6.07) is -0.325. The van der Waals surface area contributed by atoms with Crippen LogP contribution in [0.5, 0.6) is 0 Å². The average molecular weight is 345 g/mol. The molecule has 1 spiro atoms. The van der Waals surface area contributed by atoms with Gasteiger partial charge in [0.25, 0.3) is 5.91 Å². The zero-order chi connectivity index (χ0) is 15.7. The Morgan fingerprint density at radius 3 is 2.61 bits per heavy atom. The van der Waals surface area contributed by atoms with Crippen molar-refractivity contribution in [3.05, 3.63) is 0 Å². The Morgan fingerprint density at radius 2 is 1.96 bits per heavy atom. The largest absolute Gasteiger partial charge is 0.336 e. The summed E-state index contributed by atoms with van der Waals surface area (Å²) in [4.78, 5) is 40.1. The Hall–Kier alpha value is -1.34. The lowest BCUT2D eigenvalue weighted by molar-refractivity contribution is -0.141. The summed E-state index contributed by atoms with van der Waals surface area (Å²) in [5, 5.41) is 6.07. The Labute approximate surface area is 142 Å². The molecule has 2 saturated heterocycles. The molecule has 2 heterocycles. The molecule has 0 unspecified atom stereocenters. The van der Waals surface area contributed by atoms with Crippen LogP contribution in [0, 0.1) is 0 Å². The van der Waals surface area contributed by atoms with E-state index in [1.807, 2.05) is 6.92 Å². The summed E-state index contributed by atoms with van der Waals surface area (Å²) >= 11 is 0. The number of amides is 4. The van der Waals surface area contributed by atoms with E-state index in [0.717, 1.165) is 37.3 Å². The van der Waals surface area contributed by atoms with E-state index in [1.54, 1.807) is 4.90 Å². The van der Waals surface area contributed by atoms with Gasteiger partial charge in [-0.3, -0.25) is 14.5 Å². The molecule has 2 aliphatic heterocycles. The first kappa shape index (κ1) is 18.0. The molecule has 0 aromatic rings. The third-order valence-corrected chi connectivity index (χ3v) is 5.07. The van der Waals surface area contributed by atoms with Crippen molar-refractivity contribution in [3.63, 3.8) is 0 Å². The van der Waals surface area contributed by atoms with Crippen LogP contribution in [0.1, 0.15) is 39.0 Å². The summed E-state index contributed by atoms with van der Waals surface area (Å²) in [6.07, 6.45) is 4.37. The van der Waals surface area contributed by atoms with Crippen molar-refractivity contribution in [1.29, 1.82) is 0 Å². The molecule has 8 heteroatoms. The molecule has 0 radical (unpaired) electrons. The van der Waals surface area contributed by atoms with Gasteiger partial charge in [0.15, 0.2) is 0 Å². The highest BCUT2D eigenvalue weighted by molar-refractivity contribution is 6.09. The number of urea groups is 1. The van der Waals surface area contributed by atoms with Gasteiger partial charge in [-0.05, 0) is 19.8 Å². The monoisotopic (exact) mass is 344 g/mol. The first-order valence-electron chi connectivity index (χ1n) is 8.18. The number of piperazine rings is 1. The van der Waals surface area contributed by atoms with Crippen LogP contribution in [0.2, 0.25) is 0 Å². The van der Waals surface area contributed by atoms with Crippen molar-refractivity contribution in [2.75, 3.05) is 26.2 Å². The van der Waals surface area contributed by atoms with Gasteiger partial charge in [0.1, 0.15) is 12.1 Å². The lowest BCUT2D eigenvalue weighted by atomic mass is 9.82. The molecular formula is C15H25ClN4O3. The molecule has 2 N–H and O–H groups in total. The highest BCUT2D eigenvalue weighted by Gasteiger charge is 2.51. The Bertz CT molecular complexity index is 493. The number of nitrogens with one attached hydrogen (secondary N) is 2. The molecule has 7 nitrogen and oxygen atoms in total. The first-order valence-corrected chi connectivity index (χ1v) is 8.18. The third kappa shape index (κ3) is 3.30. The third-order valence-electron chi connectivity index (χ3n) is 5.07. The molecule has 3 aliphatic rings. The van der Waals surface area contributed by atoms with Gasteiger partial charge in [0.2, 0.25) is 5.91 Å². The average Bonchev–Trinajstić information content (AvgIpc) is 2.73.